The van der Waals surface area contributed by atoms with E-state index in [1.54, 1.807) is 64.7 Å². The van der Waals surface area contributed by atoms with Gasteiger partial charge in [-0.05, 0) is 30.3 Å². The van der Waals surface area contributed by atoms with Crippen LogP contribution in [0.4, 0.5) is 11.4 Å². The van der Waals surface area contributed by atoms with E-state index in [1.807, 2.05) is 6.07 Å². The third-order valence-corrected chi connectivity index (χ3v) is 4.64. The molecule has 1 aromatic carbocycles. The molecule has 2 aromatic heterocycles. The molecule has 1 aliphatic heterocycles. The normalized spacial score (nSPS) is 16.6. The fourth-order valence-electron chi connectivity index (χ4n) is 3.03. The highest BCUT2D eigenvalue weighted by molar-refractivity contribution is 6.31. The van der Waals surface area contributed by atoms with E-state index in [9.17, 15) is 9.59 Å². The quantitative estimate of drug-likeness (QED) is 0.753. The zero-order valence-electron chi connectivity index (χ0n) is 14.2. The van der Waals surface area contributed by atoms with E-state index in [2.05, 4.69) is 15.3 Å². The van der Waals surface area contributed by atoms with E-state index in [4.69, 9.17) is 11.6 Å². The first-order valence-corrected chi connectivity index (χ1v) is 8.79. The molecule has 0 saturated carbocycles. The summed E-state index contributed by atoms with van der Waals surface area (Å²) in [6.45, 7) is 0.325. The molecular formula is C19H16ClN5O2. The Labute approximate surface area is 160 Å². The number of aromatic nitrogens is 3. The standard InChI is InChI=1S/C19H16ClN5O2/c20-14-2-1-3-16(9-14)25-11-13(8-18(25)26)19(27)23-15-4-5-17(22-10-15)24-7-6-21-12-24/h1-7,9-10,12-13H,8,11H2,(H,23,27)/t13-/m1/s1. The maximum Gasteiger partial charge on any atom is 0.229 e. The second-order valence-corrected chi connectivity index (χ2v) is 6.69. The molecule has 7 nitrogen and oxygen atoms in total. The average Bonchev–Trinajstić information content (AvgIpc) is 3.32. The molecule has 0 spiro atoms. The van der Waals surface area contributed by atoms with Crippen molar-refractivity contribution in [3.05, 3.63) is 66.3 Å². The summed E-state index contributed by atoms with van der Waals surface area (Å²) in [7, 11) is 0. The Kier molecular flexibility index (Phi) is 4.60. The fraction of sp³-hybridized carbons (Fsp3) is 0.158. The lowest BCUT2D eigenvalue weighted by atomic mass is 10.1. The van der Waals surface area contributed by atoms with Crippen molar-refractivity contribution < 1.29 is 9.59 Å². The maximum absolute atomic E-state index is 12.6. The zero-order valence-corrected chi connectivity index (χ0v) is 15.0. The van der Waals surface area contributed by atoms with E-state index >= 15 is 0 Å². The number of hydrogen-bond acceptors (Lipinski definition) is 4. The first kappa shape index (κ1) is 17.2. The van der Waals surface area contributed by atoms with Crippen LogP contribution in [0.25, 0.3) is 5.82 Å². The summed E-state index contributed by atoms with van der Waals surface area (Å²) >= 11 is 6.00. The topological polar surface area (TPSA) is 80.1 Å². The Morgan fingerprint density at radius 3 is 2.85 bits per heavy atom. The van der Waals surface area contributed by atoms with Crippen molar-refractivity contribution in [2.45, 2.75) is 6.42 Å². The molecule has 3 aromatic rings. The monoisotopic (exact) mass is 381 g/mol. The maximum atomic E-state index is 12.6. The summed E-state index contributed by atoms with van der Waals surface area (Å²) in [5.41, 5.74) is 1.28. The molecule has 1 saturated heterocycles. The van der Waals surface area contributed by atoms with Crippen LogP contribution in [0.3, 0.4) is 0 Å². The Morgan fingerprint density at radius 2 is 2.15 bits per heavy atom. The summed E-state index contributed by atoms with van der Waals surface area (Å²) in [6.07, 6.45) is 6.85. The van der Waals surface area contributed by atoms with Gasteiger partial charge in [0.2, 0.25) is 11.8 Å². The highest BCUT2D eigenvalue weighted by Gasteiger charge is 2.35. The van der Waals surface area contributed by atoms with Gasteiger partial charge >= 0.3 is 0 Å². The highest BCUT2D eigenvalue weighted by Crippen LogP contribution is 2.27. The molecule has 1 atom stereocenters. The fourth-order valence-corrected chi connectivity index (χ4v) is 3.21. The van der Waals surface area contributed by atoms with Crippen molar-refractivity contribution in [2.75, 3.05) is 16.8 Å². The molecule has 1 aliphatic rings. The predicted molar refractivity (Wildman–Crippen MR) is 102 cm³/mol. The second-order valence-electron chi connectivity index (χ2n) is 6.25. The number of nitrogens with zero attached hydrogens (tertiary/aromatic N) is 4. The summed E-state index contributed by atoms with van der Waals surface area (Å²) in [6, 6.07) is 10.6. The van der Waals surface area contributed by atoms with Crippen LogP contribution >= 0.6 is 11.6 Å². The molecule has 0 radical (unpaired) electrons. The minimum atomic E-state index is -0.426. The molecule has 0 aliphatic carbocycles. The first-order chi connectivity index (χ1) is 13.1. The number of nitrogens with one attached hydrogen (secondary N) is 1. The molecule has 2 amide bonds. The van der Waals surface area contributed by atoms with Gasteiger partial charge in [-0.25, -0.2) is 9.97 Å². The van der Waals surface area contributed by atoms with E-state index in [0.29, 0.717) is 28.8 Å². The van der Waals surface area contributed by atoms with Gasteiger partial charge in [-0.15, -0.1) is 0 Å². The van der Waals surface area contributed by atoms with E-state index in [0.717, 1.165) is 0 Å². The Morgan fingerprint density at radius 1 is 1.26 bits per heavy atom. The number of hydrogen-bond donors (Lipinski definition) is 1. The van der Waals surface area contributed by atoms with E-state index in [-0.39, 0.29) is 18.2 Å². The number of anilines is 2. The number of pyridine rings is 1. The summed E-state index contributed by atoms with van der Waals surface area (Å²) in [5, 5.41) is 3.38. The van der Waals surface area contributed by atoms with Gasteiger partial charge < -0.3 is 10.2 Å². The smallest absolute Gasteiger partial charge is 0.229 e. The van der Waals surface area contributed by atoms with Gasteiger partial charge in [0.1, 0.15) is 12.1 Å². The van der Waals surface area contributed by atoms with Gasteiger partial charge in [0, 0.05) is 36.1 Å². The van der Waals surface area contributed by atoms with Gasteiger partial charge in [0.15, 0.2) is 0 Å². The van der Waals surface area contributed by atoms with Crippen LogP contribution in [0.2, 0.25) is 5.02 Å². The number of carbonyl (C=O) groups excluding carboxylic acids is 2. The lowest BCUT2D eigenvalue weighted by molar-refractivity contribution is -0.122. The highest BCUT2D eigenvalue weighted by atomic mass is 35.5. The third-order valence-electron chi connectivity index (χ3n) is 4.40. The Hall–Kier alpha value is -3.19. The summed E-state index contributed by atoms with van der Waals surface area (Å²) in [5.74, 6) is -0.0189. The summed E-state index contributed by atoms with van der Waals surface area (Å²) in [4.78, 5) is 34.7. The van der Waals surface area contributed by atoms with Crippen LogP contribution < -0.4 is 10.2 Å². The number of carbonyl (C=O) groups is 2. The number of rotatable bonds is 4. The number of benzene rings is 1. The van der Waals surface area contributed by atoms with Crippen molar-refractivity contribution in [2.24, 2.45) is 5.92 Å². The van der Waals surface area contributed by atoms with Crippen molar-refractivity contribution >= 4 is 34.8 Å². The largest absolute Gasteiger partial charge is 0.324 e. The van der Waals surface area contributed by atoms with E-state index in [1.165, 1.54) is 0 Å². The van der Waals surface area contributed by atoms with Crippen LogP contribution in [-0.4, -0.2) is 32.9 Å². The minimum absolute atomic E-state index is 0.0917. The molecule has 1 fully saturated rings. The zero-order chi connectivity index (χ0) is 18.8. The molecule has 4 rings (SSSR count). The van der Waals surface area contributed by atoms with Gasteiger partial charge in [-0.2, -0.15) is 0 Å². The van der Waals surface area contributed by atoms with Crippen LogP contribution in [0.1, 0.15) is 6.42 Å². The van der Waals surface area contributed by atoms with E-state index < -0.39 is 5.92 Å². The molecule has 136 valence electrons. The molecule has 0 bridgehead atoms. The lowest BCUT2D eigenvalue weighted by Gasteiger charge is -2.17. The number of imidazole rings is 1. The van der Waals surface area contributed by atoms with Crippen LogP contribution in [0.5, 0.6) is 0 Å². The van der Waals surface area contributed by atoms with Gasteiger partial charge in [-0.1, -0.05) is 17.7 Å². The molecule has 8 heteroatoms. The van der Waals surface area contributed by atoms with Gasteiger partial charge in [0.05, 0.1) is 17.8 Å². The number of halogens is 1. The van der Waals surface area contributed by atoms with Gasteiger partial charge in [0.25, 0.3) is 0 Å². The first-order valence-electron chi connectivity index (χ1n) is 8.41. The number of amides is 2. The molecule has 3 heterocycles. The van der Waals surface area contributed by atoms with Gasteiger partial charge in [-0.3, -0.25) is 14.2 Å². The van der Waals surface area contributed by atoms with Crippen molar-refractivity contribution in [1.82, 2.24) is 14.5 Å². The summed E-state index contributed by atoms with van der Waals surface area (Å²) < 4.78 is 1.77. The minimum Gasteiger partial charge on any atom is -0.324 e. The van der Waals surface area contributed by atoms with Crippen molar-refractivity contribution in [3.63, 3.8) is 0 Å². The lowest BCUT2D eigenvalue weighted by Crippen LogP contribution is -2.28. The van der Waals surface area contributed by atoms with Crippen LogP contribution in [0.15, 0.2) is 61.3 Å². The second kappa shape index (κ2) is 7.20. The van der Waals surface area contributed by atoms with Crippen LogP contribution in [-0.2, 0) is 9.59 Å². The third kappa shape index (κ3) is 3.68. The SMILES string of the molecule is O=C(Nc1ccc(-n2ccnc2)nc1)[C@@H]1CC(=O)N(c2cccc(Cl)c2)C1. The molecular weight excluding hydrogens is 366 g/mol. The molecule has 27 heavy (non-hydrogen) atoms. The van der Waals surface area contributed by atoms with Crippen LogP contribution in [0, 0.1) is 5.92 Å². The van der Waals surface area contributed by atoms with Crippen molar-refractivity contribution in [1.29, 1.82) is 0 Å². The Bertz CT molecular complexity index is 972. The average molecular weight is 382 g/mol. The molecule has 0 unspecified atom stereocenters. The Balaban J connectivity index is 1.42. The molecule has 1 N–H and O–H groups in total. The predicted octanol–water partition coefficient (Wildman–Crippen LogP) is 2.91. The van der Waals surface area contributed by atoms with Crippen molar-refractivity contribution in [3.8, 4) is 5.82 Å².